The van der Waals surface area contributed by atoms with Gasteiger partial charge in [0.1, 0.15) is 5.82 Å². The Morgan fingerprint density at radius 3 is 2.61 bits per heavy atom. The maximum atomic E-state index is 12.7. The van der Waals surface area contributed by atoms with Crippen molar-refractivity contribution < 1.29 is 9.53 Å². The van der Waals surface area contributed by atoms with Crippen molar-refractivity contribution in [3.05, 3.63) is 60.7 Å². The van der Waals surface area contributed by atoms with Gasteiger partial charge < -0.3 is 15.0 Å². The van der Waals surface area contributed by atoms with Gasteiger partial charge in [0, 0.05) is 37.9 Å². The van der Waals surface area contributed by atoms with Crippen LogP contribution in [0.25, 0.3) is 5.82 Å². The molecule has 1 N–H and O–H groups in total. The van der Waals surface area contributed by atoms with Crippen molar-refractivity contribution in [3.8, 4) is 5.82 Å². The molecule has 0 aromatic carbocycles. The standard InChI is InChI=1S/C20H22N6O2/c1-14-12-25(13-15(2)28-14)18-7-6-16(11-22-18)20(27)24-17-5-3-8-21-19(17)26-10-4-9-23-26/h3-11,14-15H,12-13H2,1-2H3,(H,24,27)/t14-,15-/m0/s1. The Hall–Kier alpha value is -3.26. The molecule has 1 aliphatic rings. The van der Waals surface area contributed by atoms with E-state index in [0.29, 0.717) is 17.1 Å². The van der Waals surface area contributed by atoms with Crippen LogP contribution in [0.1, 0.15) is 24.2 Å². The van der Waals surface area contributed by atoms with E-state index in [-0.39, 0.29) is 18.1 Å². The average Bonchev–Trinajstić information content (AvgIpc) is 3.22. The summed E-state index contributed by atoms with van der Waals surface area (Å²) in [4.78, 5) is 23.7. The van der Waals surface area contributed by atoms with Crippen LogP contribution in [-0.4, -0.2) is 51.0 Å². The second-order valence-corrected chi connectivity index (χ2v) is 6.85. The normalized spacial score (nSPS) is 19.4. The SMILES string of the molecule is C[C@H]1CN(c2ccc(C(=O)Nc3cccnc3-n3cccn3)cn2)C[C@H](C)O1. The third-order valence-electron chi connectivity index (χ3n) is 4.51. The van der Waals surface area contributed by atoms with Crippen LogP contribution in [0.4, 0.5) is 11.5 Å². The van der Waals surface area contributed by atoms with Gasteiger partial charge in [-0.2, -0.15) is 5.10 Å². The molecule has 4 heterocycles. The number of nitrogens with one attached hydrogen (secondary N) is 1. The topological polar surface area (TPSA) is 85.2 Å². The van der Waals surface area contributed by atoms with E-state index in [0.717, 1.165) is 18.9 Å². The minimum absolute atomic E-state index is 0.153. The molecule has 0 radical (unpaired) electrons. The van der Waals surface area contributed by atoms with E-state index in [4.69, 9.17) is 4.74 Å². The van der Waals surface area contributed by atoms with E-state index < -0.39 is 0 Å². The number of nitrogens with zero attached hydrogens (tertiary/aromatic N) is 5. The molecule has 0 aliphatic carbocycles. The monoisotopic (exact) mass is 378 g/mol. The molecule has 0 saturated carbocycles. The summed E-state index contributed by atoms with van der Waals surface area (Å²) < 4.78 is 7.37. The molecule has 0 spiro atoms. The Morgan fingerprint density at radius 1 is 1.11 bits per heavy atom. The summed E-state index contributed by atoms with van der Waals surface area (Å²) in [6, 6.07) is 9.02. The minimum atomic E-state index is -0.246. The molecular weight excluding hydrogens is 356 g/mol. The van der Waals surface area contributed by atoms with Gasteiger partial charge in [-0.1, -0.05) is 0 Å². The molecule has 3 aromatic heterocycles. The molecule has 1 amide bonds. The fourth-order valence-corrected chi connectivity index (χ4v) is 3.34. The van der Waals surface area contributed by atoms with Gasteiger partial charge in [0.15, 0.2) is 5.82 Å². The van der Waals surface area contributed by atoms with Gasteiger partial charge in [-0.3, -0.25) is 4.79 Å². The predicted octanol–water partition coefficient (Wildman–Crippen LogP) is 2.53. The zero-order chi connectivity index (χ0) is 19.5. The van der Waals surface area contributed by atoms with Crippen molar-refractivity contribution in [3.63, 3.8) is 0 Å². The number of anilines is 2. The highest BCUT2D eigenvalue weighted by Crippen LogP contribution is 2.20. The predicted molar refractivity (Wildman–Crippen MR) is 106 cm³/mol. The Labute approximate surface area is 163 Å². The van der Waals surface area contributed by atoms with Crippen molar-refractivity contribution in [2.75, 3.05) is 23.3 Å². The van der Waals surface area contributed by atoms with Crippen molar-refractivity contribution in [2.24, 2.45) is 0 Å². The molecular formula is C20H22N6O2. The molecule has 1 saturated heterocycles. The first-order valence-corrected chi connectivity index (χ1v) is 9.23. The van der Waals surface area contributed by atoms with E-state index >= 15 is 0 Å². The molecule has 28 heavy (non-hydrogen) atoms. The third-order valence-corrected chi connectivity index (χ3v) is 4.51. The molecule has 3 aromatic rings. The molecule has 144 valence electrons. The number of carbonyl (C=O) groups is 1. The Bertz CT molecular complexity index is 932. The smallest absolute Gasteiger partial charge is 0.257 e. The highest BCUT2D eigenvalue weighted by Gasteiger charge is 2.23. The van der Waals surface area contributed by atoms with Crippen molar-refractivity contribution in [1.29, 1.82) is 0 Å². The zero-order valence-corrected chi connectivity index (χ0v) is 15.8. The number of ether oxygens (including phenoxy) is 1. The summed E-state index contributed by atoms with van der Waals surface area (Å²) in [7, 11) is 0. The highest BCUT2D eigenvalue weighted by atomic mass is 16.5. The summed E-state index contributed by atoms with van der Waals surface area (Å²) in [5.41, 5.74) is 1.06. The van der Waals surface area contributed by atoms with E-state index in [1.807, 2.05) is 6.07 Å². The fraction of sp³-hybridized carbons (Fsp3) is 0.300. The second-order valence-electron chi connectivity index (χ2n) is 6.85. The number of amides is 1. The first kappa shape index (κ1) is 18.1. The molecule has 0 unspecified atom stereocenters. The van der Waals surface area contributed by atoms with Crippen LogP contribution in [0.5, 0.6) is 0 Å². The van der Waals surface area contributed by atoms with Crippen molar-refractivity contribution in [2.45, 2.75) is 26.1 Å². The summed E-state index contributed by atoms with van der Waals surface area (Å²) >= 11 is 0. The number of morpholine rings is 1. The van der Waals surface area contributed by atoms with Crippen molar-refractivity contribution in [1.82, 2.24) is 19.7 Å². The van der Waals surface area contributed by atoms with Gasteiger partial charge >= 0.3 is 0 Å². The minimum Gasteiger partial charge on any atom is -0.372 e. The maximum Gasteiger partial charge on any atom is 0.257 e. The van der Waals surface area contributed by atoms with Gasteiger partial charge in [-0.05, 0) is 44.2 Å². The quantitative estimate of drug-likeness (QED) is 0.751. The lowest BCUT2D eigenvalue weighted by Crippen LogP contribution is -2.45. The molecule has 8 heteroatoms. The summed E-state index contributed by atoms with van der Waals surface area (Å²) in [6.45, 7) is 5.67. The van der Waals surface area contributed by atoms with Crippen LogP contribution in [0, 0.1) is 0 Å². The lowest BCUT2D eigenvalue weighted by Gasteiger charge is -2.36. The third kappa shape index (κ3) is 3.86. The Morgan fingerprint density at radius 2 is 1.93 bits per heavy atom. The number of pyridine rings is 2. The van der Waals surface area contributed by atoms with Gasteiger partial charge in [0.2, 0.25) is 0 Å². The van der Waals surface area contributed by atoms with Gasteiger partial charge in [0.25, 0.3) is 5.91 Å². The second kappa shape index (κ2) is 7.77. The number of hydrogen-bond acceptors (Lipinski definition) is 6. The summed E-state index contributed by atoms with van der Waals surface area (Å²) in [5.74, 6) is 1.16. The van der Waals surface area contributed by atoms with Crippen LogP contribution < -0.4 is 10.2 Å². The van der Waals surface area contributed by atoms with Gasteiger partial charge in [0.05, 0.1) is 23.5 Å². The van der Waals surface area contributed by atoms with Crippen LogP contribution in [0.3, 0.4) is 0 Å². The Balaban J connectivity index is 1.49. The first-order valence-electron chi connectivity index (χ1n) is 9.23. The number of hydrogen-bond donors (Lipinski definition) is 1. The molecule has 8 nitrogen and oxygen atoms in total. The summed E-state index contributed by atoms with van der Waals surface area (Å²) in [5, 5.41) is 7.07. The number of aromatic nitrogens is 4. The Kier molecular flexibility index (Phi) is 5.03. The van der Waals surface area contributed by atoms with Crippen LogP contribution in [0.15, 0.2) is 55.1 Å². The maximum absolute atomic E-state index is 12.7. The van der Waals surface area contributed by atoms with Gasteiger partial charge in [-0.15, -0.1) is 0 Å². The zero-order valence-electron chi connectivity index (χ0n) is 15.8. The molecule has 1 aliphatic heterocycles. The van der Waals surface area contributed by atoms with Crippen LogP contribution in [0.2, 0.25) is 0 Å². The fourth-order valence-electron chi connectivity index (χ4n) is 3.34. The van der Waals surface area contributed by atoms with Crippen LogP contribution >= 0.6 is 0 Å². The lowest BCUT2D eigenvalue weighted by molar-refractivity contribution is -0.00546. The average molecular weight is 378 g/mol. The van der Waals surface area contributed by atoms with E-state index in [2.05, 4.69) is 39.1 Å². The lowest BCUT2D eigenvalue weighted by atomic mass is 10.2. The molecule has 1 fully saturated rings. The highest BCUT2D eigenvalue weighted by molar-refractivity contribution is 6.05. The molecule has 0 bridgehead atoms. The number of carbonyl (C=O) groups excluding carboxylic acids is 1. The van der Waals surface area contributed by atoms with E-state index in [1.54, 1.807) is 53.7 Å². The van der Waals surface area contributed by atoms with Gasteiger partial charge in [-0.25, -0.2) is 14.6 Å². The number of rotatable bonds is 4. The van der Waals surface area contributed by atoms with Crippen LogP contribution in [-0.2, 0) is 4.74 Å². The largest absolute Gasteiger partial charge is 0.372 e. The summed E-state index contributed by atoms with van der Waals surface area (Å²) in [6.07, 6.45) is 7.00. The van der Waals surface area contributed by atoms with E-state index in [1.165, 1.54) is 0 Å². The molecule has 2 atom stereocenters. The van der Waals surface area contributed by atoms with E-state index in [9.17, 15) is 4.79 Å². The van der Waals surface area contributed by atoms with Crippen molar-refractivity contribution >= 4 is 17.4 Å². The molecule has 4 rings (SSSR count). The first-order chi connectivity index (χ1) is 13.6.